The summed E-state index contributed by atoms with van der Waals surface area (Å²) in [6.07, 6.45) is 8.37. The highest BCUT2D eigenvalue weighted by atomic mass is 16.1. The zero-order valence-corrected chi connectivity index (χ0v) is 15.6. The molecule has 2 aromatic rings. The molecular formula is C20H29N5O2. The molecule has 27 heavy (non-hydrogen) atoms. The Morgan fingerprint density at radius 2 is 1.74 bits per heavy atom. The molecule has 1 atom stereocenters. The maximum absolute atomic E-state index is 12.6. The molecule has 2 aliphatic heterocycles. The zero-order chi connectivity index (χ0) is 17.1. The monoisotopic (exact) mass is 371 g/mol. The van der Waals surface area contributed by atoms with Crippen LogP contribution < -0.4 is 21.3 Å². The second-order valence-corrected chi connectivity index (χ2v) is 6.75. The van der Waals surface area contributed by atoms with E-state index in [-0.39, 0.29) is 23.7 Å². The molecule has 2 aliphatic rings. The third-order valence-corrected chi connectivity index (χ3v) is 5.12. The van der Waals surface area contributed by atoms with Crippen LogP contribution in [0.25, 0.3) is 0 Å². The molecule has 4 rings (SSSR count). The topological polar surface area (TPSA) is 115 Å². The summed E-state index contributed by atoms with van der Waals surface area (Å²) in [6.45, 7) is 3.16. The summed E-state index contributed by atoms with van der Waals surface area (Å²) in [5.74, 6) is -0.0101. The van der Waals surface area contributed by atoms with E-state index in [1.807, 2.05) is 42.7 Å². The molecule has 0 bridgehead atoms. The molecule has 3 heterocycles. The number of nitrogens with zero attached hydrogens (tertiary/aromatic N) is 3. The van der Waals surface area contributed by atoms with E-state index in [1.165, 1.54) is 18.5 Å². The molecule has 1 aromatic carbocycles. The van der Waals surface area contributed by atoms with Gasteiger partial charge in [0.15, 0.2) is 0 Å². The first-order valence-corrected chi connectivity index (χ1v) is 9.14. The summed E-state index contributed by atoms with van der Waals surface area (Å²) < 4.78 is 0. The molecule has 7 nitrogen and oxygen atoms in total. The van der Waals surface area contributed by atoms with Gasteiger partial charge in [0.25, 0.3) is 5.91 Å². The van der Waals surface area contributed by atoms with E-state index in [2.05, 4.69) is 26.2 Å². The van der Waals surface area contributed by atoms with Crippen molar-refractivity contribution in [3.8, 4) is 0 Å². The third-order valence-electron chi connectivity index (χ3n) is 5.12. The molecule has 146 valence electrons. The largest absolute Gasteiger partial charge is 0.412 e. The highest BCUT2D eigenvalue weighted by molar-refractivity contribution is 5.94. The molecule has 0 saturated carbocycles. The fraction of sp³-hybridized carbons (Fsp3) is 0.400. The van der Waals surface area contributed by atoms with Crippen LogP contribution in [0.2, 0.25) is 0 Å². The Morgan fingerprint density at radius 1 is 1.00 bits per heavy atom. The maximum atomic E-state index is 12.6. The van der Waals surface area contributed by atoms with E-state index in [4.69, 9.17) is 0 Å². The molecule has 0 spiro atoms. The van der Waals surface area contributed by atoms with Crippen molar-refractivity contribution in [1.82, 2.24) is 16.5 Å². The van der Waals surface area contributed by atoms with Crippen molar-refractivity contribution in [2.45, 2.75) is 31.8 Å². The van der Waals surface area contributed by atoms with Crippen molar-refractivity contribution in [3.05, 3.63) is 54.4 Å². The van der Waals surface area contributed by atoms with Gasteiger partial charge in [-0.15, -0.1) is 0 Å². The Hall–Kier alpha value is -2.64. The van der Waals surface area contributed by atoms with Gasteiger partial charge < -0.3 is 26.7 Å². The third kappa shape index (κ3) is 4.37. The Morgan fingerprint density at radius 3 is 2.48 bits per heavy atom. The van der Waals surface area contributed by atoms with E-state index in [1.54, 1.807) is 0 Å². The zero-order valence-electron chi connectivity index (χ0n) is 15.6. The Bertz CT molecular complexity index is 734. The van der Waals surface area contributed by atoms with Crippen LogP contribution in [0.1, 0.15) is 36.0 Å². The van der Waals surface area contributed by atoms with Crippen LogP contribution in [0.5, 0.6) is 0 Å². The lowest BCUT2D eigenvalue weighted by molar-refractivity contribution is 0.0938. The smallest absolute Gasteiger partial charge is 0.252 e. The van der Waals surface area contributed by atoms with Crippen molar-refractivity contribution in [2.24, 2.45) is 0 Å². The maximum Gasteiger partial charge on any atom is 0.252 e. The van der Waals surface area contributed by atoms with Gasteiger partial charge >= 0.3 is 0 Å². The van der Waals surface area contributed by atoms with Crippen molar-refractivity contribution in [1.29, 1.82) is 0 Å². The van der Waals surface area contributed by atoms with Crippen molar-refractivity contribution in [3.63, 3.8) is 0 Å². The summed E-state index contributed by atoms with van der Waals surface area (Å²) in [4.78, 5) is 21.6. The number of rotatable bonds is 4. The molecule has 1 unspecified atom stereocenters. The van der Waals surface area contributed by atoms with Crippen LogP contribution in [0.15, 0.2) is 48.8 Å². The Kier molecular flexibility index (Phi) is 7.15. The number of carbonyl (C=O) groups is 1. The Labute approximate surface area is 160 Å². The number of hydrogen-bond acceptors (Lipinski definition) is 5. The number of hydrogen-bond donors (Lipinski definition) is 2. The van der Waals surface area contributed by atoms with Gasteiger partial charge in [0.2, 0.25) is 0 Å². The molecule has 6 N–H and O–H groups in total. The predicted octanol–water partition coefficient (Wildman–Crippen LogP) is 2.38. The van der Waals surface area contributed by atoms with E-state index in [0.717, 1.165) is 38.2 Å². The van der Waals surface area contributed by atoms with Gasteiger partial charge in [0, 0.05) is 31.4 Å². The minimum atomic E-state index is -0.0101. The number of amides is 1. The first-order valence-electron chi connectivity index (χ1n) is 9.14. The van der Waals surface area contributed by atoms with Crippen molar-refractivity contribution >= 4 is 17.3 Å². The molecule has 0 aliphatic carbocycles. The average molecular weight is 371 g/mol. The number of benzene rings is 1. The van der Waals surface area contributed by atoms with Gasteiger partial charge in [-0.25, -0.2) is 0 Å². The lowest BCUT2D eigenvalue weighted by Crippen LogP contribution is -2.45. The molecular weight excluding hydrogens is 342 g/mol. The highest BCUT2D eigenvalue weighted by Crippen LogP contribution is 2.34. The SMILES string of the molecule is N.O.O=C(NC1CCCN1c1cnccc1N1CCCC1)c1ccccc1. The number of pyridine rings is 1. The van der Waals surface area contributed by atoms with E-state index >= 15 is 0 Å². The summed E-state index contributed by atoms with van der Waals surface area (Å²) in [5.41, 5.74) is 3.09. The minimum Gasteiger partial charge on any atom is -0.412 e. The van der Waals surface area contributed by atoms with Gasteiger partial charge in [-0.3, -0.25) is 9.78 Å². The van der Waals surface area contributed by atoms with Crippen LogP contribution in [0.4, 0.5) is 11.4 Å². The van der Waals surface area contributed by atoms with Crippen LogP contribution in [0, 0.1) is 0 Å². The van der Waals surface area contributed by atoms with Crippen LogP contribution >= 0.6 is 0 Å². The van der Waals surface area contributed by atoms with E-state index in [9.17, 15) is 4.79 Å². The second-order valence-electron chi connectivity index (χ2n) is 6.75. The van der Waals surface area contributed by atoms with Gasteiger partial charge in [-0.1, -0.05) is 18.2 Å². The van der Waals surface area contributed by atoms with Gasteiger partial charge in [0.1, 0.15) is 6.17 Å². The first-order chi connectivity index (χ1) is 12.3. The summed E-state index contributed by atoms with van der Waals surface area (Å²) >= 11 is 0. The normalized spacial score (nSPS) is 18.6. The second kappa shape index (κ2) is 9.34. The van der Waals surface area contributed by atoms with Gasteiger partial charge in [-0.2, -0.15) is 0 Å². The molecule has 1 aromatic heterocycles. The van der Waals surface area contributed by atoms with Gasteiger partial charge in [0.05, 0.1) is 17.6 Å². The van der Waals surface area contributed by atoms with E-state index in [0.29, 0.717) is 5.56 Å². The molecule has 7 heteroatoms. The summed E-state index contributed by atoms with van der Waals surface area (Å²) in [5, 5.41) is 3.20. The predicted molar refractivity (Wildman–Crippen MR) is 109 cm³/mol. The van der Waals surface area contributed by atoms with Crippen LogP contribution in [0.3, 0.4) is 0 Å². The van der Waals surface area contributed by atoms with Crippen LogP contribution in [-0.2, 0) is 0 Å². The highest BCUT2D eigenvalue weighted by Gasteiger charge is 2.29. The first kappa shape index (κ1) is 20.7. The van der Waals surface area contributed by atoms with Crippen LogP contribution in [-0.4, -0.2) is 42.2 Å². The molecule has 1 amide bonds. The number of anilines is 2. The molecule has 2 fully saturated rings. The standard InChI is InChI=1S/C20H24N4O.H3N.H2O/c25-20(16-7-2-1-3-8-16)22-19-9-6-14-24(19)18-15-21-11-10-17(18)23-12-4-5-13-23;;/h1-3,7-8,10-11,15,19H,4-6,9,12-14H2,(H,22,25);1H3;1H2. The van der Waals surface area contributed by atoms with Gasteiger partial charge in [-0.05, 0) is 43.9 Å². The lowest BCUT2D eigenvalue weighted by atomic mass is 10.2. The number of nitrogens with one attached hydrogen (secondary N) is 1. The average Bonchev–Trinajstić information content (AvgIpc) is 3.34. The molecule has 0 radical (unpaired) electrons. The van der Waals surface area contributed by atoms with Crippen molar-refractivity contribution < 1.29 is 10.3 Å². The molecule has 2 saturated heterocycles. The number of carbonyl (C=O) groups excluding carboxylic acids is 1. The van der Waals surface area contributed by atoms with Crippen molar-refractivity contribution in [2.75, 3.05) is 29.4 Å². The number of aromatic nitrogens is 1. The summed E-state index contributed by atoms with van der Waals surface area (Å²) in [6, 6.07) is 11.5. The fourth-order valence-electron chi connectivity index (χ4n) is 3.85. The van der Waals surface area contributed by atoms with E-state index < -0.39 is 0 Å². The summed E-state index contributed by atoms with van der Waals surface area (Å²) in [7, 11) is 0. The quantitative estimate of drug-likeness (QED) is 0.856. The lowest BCUT2D eigenvalue weighted by Gasteiger charge is -2.31. The fourth-order valence-corrected chi connectivity index (χ4v) is 3.85. The minimum absolute atomic E-state index is 0. The Balaban J connectivity index is 0.00000131.